The molecule has 1 unspecified atom stereocenters. The van der Waals surface area contributed by atoms with E-state index in [4.69, 9.17) is 4.74 Å². The zero-order valence-corrected chi connectivity index (χ0v) is 13.1. The Hall–Kier alpha value is -2.33. The topological polar surface area (TPSA) is 46.8 Å². The highest BCUT2D eigenvalue weighted by molar-refractivity contribution is 5.46. The molecule has 2 aromatic heterocycles. The van der Waals surface area contributed by atoms with Gasteiger partial charge in [0.15, 0.2) is 0 Å². The molecule has 0 aliphatic rings. The van der Waals surface area contributed by atoms with Crippen LogP contribution in [0, 0.1) is 6.92 Å². The van der Waals surface area contributed by atoms with Gasteiger partial charge in [-0.1, -0.05) is 18.2 Å². The standard InChI is InChI=1S/C18H20N2O2/c1-12-4-9-17-19-16(18(13(2)21)20(17)11-12)10-14-5-7-15(22-3)8-6-14/h4-9,11,13,21H,10H2,1-3H3. The number of hydrogen-bond donors (Lipinski definition) is 1. The molecule has 1 atom stereocenters. The number of pyridine rings is 1. The van der Waals surface area contributed by atoms with Crippen LogP contribution in [0.4, 0.5) is 0 Å². The Labute approximate surface area is 130 Å². The largest absolute Gasteiger partial charge is 0.497 e. The molecule has 0 spiro atoms. The maximum atomic E-state index is 10.2. The summed E-state index contributed by atoms with van der Waals surface area (Å²) in [6, 6.07) is 12.0. The normalized spacial score (nSPS) is 12.5. The smallest absolute Gasteiger partial charge is 0.137 e. The number of imidazole rings is 1. The Morgan fingerprint density at radius 3 is 2.55 bits per heavy atom. The SMILES string of the molecule is COc1ccc(Cc2nc3ccc(C)cn3c2C(C)O)cc1. The van der Waals surface area contributed by atoms with Gasteiger partial charge >= 0.3 is 0 Å². The van der Waals surface area contributed by atoms with Crippen molar-refractivity contribution in [2.45, 2.75) is 26.4 Å². The van der Waals surface area contributed by atoms with Gasteiger partial charge in [0, 0.05) is 12.6 Å². The Morgan fingerprint density at radius 2 is 1.91 bits per heavy atom. The number of ether oxygens (including phenoxy) is 1. The number of benzene rings is 1. The summed E-state index contributed by atoms with van der Waals surface area (Å²) in [5.41, 5.74) is 4.91. The maximum absolute atomic E-state index is 10.2. The van der Waals surface area contributed by atoms with Crippen LogP contribution in [0.2, 0.25) is 0 Å². The minimum atomic E-state index is -0.565. The van der Waals surface area contributed by atoms with Crippen LogP contribution < -0.4 is 4.74 Å². The summed E-state index contributed by atoms with van der Waals surface area (Å²) in [7, 11) is 1.66. The van der Waals surface area contributed by atoms with E-state index in [0.717, 1.165) is 33.9 Å². The molecule has 4 nitrogen and oxygen atoms in total. The molecule has 114 valence electrons. The molecule has 3 aromatic rings. The summed E-state index contributed by atoms with van der Waals surface area (Å²) in [5.74, 6) is 0.838. The van der Waals surface area contributed by atoms with E-state index >= 15 is 0 Å². The van der Waals surface area contributed by atoms with E-state index in [1.165, 1.54) is 0 Å². The van der Waals surface area contributed by atoms with Crippen molar-refractivity contribution >= 4 is 5.65 Å². The van der Waals surface area contributed by atoms with Crippen molar-refractivity contribution in [3.8, 4) is 5.75 Å². The van der Waals surface area contributed by atoms with Crippen molar-refractivity contribution in [2.24, 2.45) is 0 Å². The zero-order chi connectivity index (χ0) is 15.7. The molecule has 0 fully saturated rings. The average molecular weight is 296 g/mol. The third-order valence-electron chi connectivity index (χ3n) is 3.81. The minimum Gasteiger partial charge on any atom is -0.497 e. The molecule has 3 rings (SSSR count). The summed E-state index contributed by atoms with van der Waals surface area (Å²) < 4.78 is 7.17. The fourth-order valence-corrected chi connectivity index (χ4v) is 2.73. The molecule has 0 saturated heterocycles. The van der Waals surface area contributed by atoms with Crippen LogP contribution >= 0.6 is 0 Å². The van der Waals surface area contributed by atoms with E-state index in [1.807, 2.05) is 53.9 Å². The maximum Gasteiger partial charge on any atom is 0.137 e. The molecule has 0 radical (unpaired) electrons. The van der Waals surface area contributed by atoms with Crippen molar-refractivity contribution in [3.63, 3.8) is 0 Å². The summed E-state index contributed by atoms with van der Waals surface area (Å²) in [5, 5.41) is 10.2. The Balaban J connectivity index is 2.03. The zero-order valence-electron chi connectivity index (χ0n) is 13.1. The lowest BCUT2D eigenvalue weighted by molar-refractivity contribution is 0.192. The van der Waals surface area contributed by atoms with Crippen LogP contribution in [-0.2, 0) is 6.42 Å². The van der Waals surface area contributed by atoms with Crippen LogP contribution in [0.25, 0.3) is 5.65 Å². The second kappa shape index (κ2) is 5.81. The van der Waals surface area contributed by atoms with Gasteiger partial charge in [0.05, 0.1) is 24.6 Å². The predicted molar refractivity (Wildman–Crippen MR) is 86.4 cm³/mol. The fraction of sp³-hybridized carbons (Fsp3) is 0.278. The van der Waals surface area contributed by atoms with Gasteiger partial charge in [-0.05, 0) is 43.2 Å². The second-order valence-electron chi connectivity index (χ2n) is 5.58. The molecular formula is C18H20N2O2. The van der Waals surface area contributed by atoms with Crippen LogP contribution in [0.5, 0.6) is 5.75 Å². The van der Waals surface area contributed by atoms with Crippen molar-refractivity contribution in [3.05, 3.63) is 65.1 Å². The van der Waals surface area contributed by atoms with Crippen LogP contribution in [0.15, 0.2) is 42.6 Å². The molecule has 2 heterocycles. The second-order valence-corrected chi connectivity index (χ2v) is 5.58. The van der Waals surface area contributed by atoms with Gasteiger partial charge < -0.3 is 14.2 Å². The number of hydrogen-bond acceptors (Lipinski definition) is 3. The molecular weight excluding hydrogens is 276 g/mol. The number of aryl methyl sites for hydroxylation is 1. The van der Waals surface area contributed by atoms with Gasteiger partial charge in [0.2, 0.25) is 0 Å². The highest BCUT2D eigenvalue weighted by Crippen LogP contribution is 2.23. The lowest BCUT2D eigenvalue weighted by Crippen LogP contribution is -2.02. The molecule has 22 heavy (non-hydrogen) atoms. The van der Waals surface area contributed by atoms with E-state index in [9.17, 15) is 5.11 Å². The monoisotopic (exact) mass is 296 g/mol. The fourth-order valence-electron chi connectivity index (χ4n) is 2.73. The summed E-state index contributed by atoms with van der Waals surface area (Å²) in [6.07, 6.45) is 2.14. The van der Waals surface area contributed by atoms with Crippen molar-refractivity contribution < 1.29 is 9.84 Å². The number of methoxy groups -OCH3 is 1. The quantitative estimate of drug-likeness (QED) is 0.803. The summed E-state index contributed by atoms with van der Waals surface area (Å²) in [6.45, 7) is 3.82. The number of nitrogens with zero attached hydrogens (tertiary/aromatic N) is 2. The molecule has 0 aliphatic heterocycles. The van der Waals surface area contributed by atoms with E-state index in [2.05, 4.69) is 4.98 Å². The van der Waals surface area contributed by atoms with Crippen molar-refractivity contribution in [1.29, 1.82) is 0 Å². The molecule has 1 aromatic carbocycles. The molecule has 1 N–H and O–H groups in total. The van der Waals surface area contributed by atoms with Gasteiger partial charge in [-0.25, -0.2) is 4.98 Å². The Kier molecular flexibility index (Phi) is 3.86. The number of fused-ring (bicyclic) bond motifs is 1. The predicted octanol–water partition coefficient (Wildman–Crippen LogP) is 3.30. The number of aliphatic hydroxyl groups is 1. The lowest BCUT2D eigenvalue weighted by Gasteiger charge is -2.09. The molecule has 0 saturated carbocycles. The van der Waals surface area contributed by atoms with Gasteiger partial charge in [0.1, 0.15) is 11.4 Å². The highest BCUT2D eigenvalue weighted by Gasteiger charge is 2.16. The van der Waals surface area contributed by atoms with E-state index in [1.54, 1.807) is 14.0 Å². The molecule has 4 heteroatoms. The van der Waals surface area contributed by atoms with Gasteiger partial charge in [-0.15, -0.1) is 0 Å². The first-order chi connectivity index (χ1) is 10.6. The first-order valence-electron chi connectivity index (χ1n) is 7.37. The lowest BCUT2D eigenvalue weighted by atomic mass is 10.1. The first kappa shape index (κ1) is 14.6. The summed E-state index contributed by atoms with van der Waals surface area (Å²) >= 11 is 0. The van der Waals surface area contributed by atoms with Gasteiger partial charge in [0.25, 0.3) is 0 Å². The van der Waals surface area contributed by atoms with E-state index in [-0.39, 0.29) is 0 Å². The molecule has 0 bridgehead atoms. The first-order valence-corrected chi connectivity index (χ1v) is 7.37. The third-order valence-corrected chi connectivity index (χ3v) is 3.81. The number of aliphatic hydroxyl groups excluding tert-OH is 1. The minimum absolute atomic E-state index is 0.565. The van der Waals surface area contributed by atoms with E-state index < -0.39 is 6.10 Å². The van der Waals surface area contributed by atoms with Crippen LogP contribution in [-0.4, -0.2) is 21.6 Å². The number of aromatic nitrogens is 2. The van der Waals surface area contributed by atoms with Gasteiger partial charge in [-0.2, -0.15) is 0 Å². The third kappa shape index (κ3) is 2.70. The highest BCUT2D eigenvalue weighted by atomic mass is 16.5. The number of rotatable bonds is 4. The van der Waals surface area contributed by atoms with Crippen LogP contribution in [0.1, 0.15) is 35.5 Å². The van der Waals surface area contributed by atoms with Crippen LogP contribution in [0.3, 0.4) is 0 Å². The van der Waals surface area contributed by atoms with Gasteiger partial charge in [-0.3, -0.25) is 0 Å². The summed E-state index contributed by atoms with van der Waals surface area (Å²) in [4.78, 5) is 4.68. The molecule has 0 amide bonds. The Morgan fingerprint density at radius 1 is 1.18 bits per heavy atom. The molecule has 0 aliphatic carbocycles. The van der Waals surface area contributed by atoms with Crippen molar-refractivity contribution in [2.75, 3.05) is 7.11 Å². The average Bonchev–Trinajstić information content (AvgIpc) is 2.85. The van der Waals surface area contributed by atoms with E-state index in [0.29, 0.717) is 6.42 Å². The Bertz CT molecular complexity index is 789. The van der Waals surface area contributed by atoms with Crippen molar-refractivity contribution in [1.82, 2.24) is 9.38 Å².